The van der Waals surface area contributed by atoms with Gasteiger partial charge in [-0.25, -0.2) is 16.8 Å². The van der Waals surface area contributed by atoms with Crippen molar-refractivity contribution >= 4 is 64.6 Å². The van der Waals surface area contributed by atoms with Gasteiger partial charge >= 0.3 is 0 Å². The molecule has 0 amide bonds. The first-order chi connectivity index (χ1) is 16.2. The van der Waals surface area contributed by atoms with Crippen LogP contribution in [-0.4, -0.2) is 81.7 Å². The molecule has 0 bridgehead atoms. The molecule has 0 radical (unpaired) electrons. The van der Waals surface area contributed by atoms with Gasteiger partial charge in [-0.3, -0.25) is 9.30 Å². The van der Waals surface area contributed by atoms with E-state index in [1.165, 1.54) is 15.6 Å². The SMILES string of the molecule is CN(c1cccc2cc(C3=NCC(CCN4CCS(=O)(=O)CC4)S3)[nH]c12)S(=O)(=O)c1cccs1. The summed E-state index contributed by atoms with van der Waals surface area (Å²) in [7, 11) is -4.91. The molecule has 5 rings (SSSR count). The highest BCUT2D eigenvalue weighted by atomic mass is 32.2. The number of sulfonamides is 1. The van der Waals surface area contributed by atoms with Gasteiger partial charge in [0.2, 0.25) is 0 Å². The molecule has 34 heavy (non-hydrogen) atoms. The molecular formula is C22H26N4O4S4. The summed E-state index contributed by atoms with van der Waals surface area (Å²) in [4.78, 5) is 10.4. The molecule has 182 valence electrons. The number of para-hydroxylation sites is 1. The maximum absolute atomic E-state index is 13.0. The second kappa shape index (κ2) is 9.30. The fourth-order valence-electron chi connectivity index (χ4n) is 4.21. The third kappa shape index (κ3) is 4.78. The highest BCUT2D eigenvalue weighted by molar-refractivity contribution is 8.15. The molecule has 1 saturated heterocycles. The number of H-pyrrole nitrogens is 1. The Balaban J connectivity index is 1.28. The molecular weight excluding hydrogens is 513 g/mol. The van der Waals surface area contributed by atoms with Crippen LogP contribution in [0.5, 0.6) is 0 Å². The predicted octanol–water partition coefficient (Wildman–Crippen LogP) is 3.04. The van der Waals surface area contributed by atoms with Crippen LogP contribution in [0.15, 0.2) is 51.0 Å². The van der Waals surface area contributed by atoms with Crippen molar-refractivity contribution < 1.29 is 16.8 Å². The van der Waals surface area contributed by atoms with Gasteiger partial charge in [0.15, 0.2) is 9.84 Å². The lowest BCUT2D eigenvalue weighted by atomic mass is 10.2. The summed E-state index contributed by atoms with van der Waals surface area (Å²) >= 11 is 2.93. The predicted molar refractivity (Wildman–Crippen MR) is 141 cm³/mol. The number of fused-ring (bicyclic) bond motifs is 1. The normalized spacial score (nSPS) is 21.1. The molecule has 2 aromatic heterocycles. The molecule has 3 aromatic rings. The number of rotatable bonds is 7. The van der Waals surface area contributed by atoms with Crippen molar-refractivity contribution in [1.29, 1.82) is 0 Å². The van der Waals surface area contributed by atoms with E-state index in [1.807, 2.05) is 18.2 Å². The Bertz CT molecular complexity index is 1410. The Labute approximate surface area is 208 Å². The number of nitrogens with one attached hydrogen (secondary N) is 1. The van der Waals surface area contributed by atoms with Crippen LogP contribution in [0.3, 0.4) is 0 Å². The van der Waals surface area contributed by atoms with Crippen molar-refractivity contribution in [3.05, 3.63) is 47.5 Å². The van der Waals surface area contributed by atoms with E-state index >= 15 is 0 Å². The quantitative estimate of drug-likeness (QED) is 0.496. The lowest BCUT2D eigenvalue weighted by Gasteiger charge is -2.27. The number of sulfone groups is 1. The average molecular weight is 539 g/mol. The smallest absolute Gasteiger partial charge is 0.273 e. The zero-order chi connectivity index (χ0) is 23.9. The Morgan fingerprint density at radius 1 is 1.21 bits per heavy atom. The fraction of sp³-hybridized carbons (Fsp3) is 0.409. The van der Waals surface area contributed by atoms with E-state index in [4.69, 9.17) is 4.99 Å². The molecule has 8 nitrogen and oxygen atoms in total. The van der Waals surface area contributed by atoms with Crippen molar-refractivity contribution in [3.8, 4) is 0 Å². The lowest BCUT2D eigenvalue weighted by molar-refractivity contribution is 0.291. The maximum atomic E-state index is 13.0. The number of thiophene rings is 1. The standard InChI is InChI=1S/C22H26N4O4S4/c1-25(34(29,30)20-6-3-11-31-20)19-5-2-4-16-14-18(24-21(16)19)22-23-15-17(32-22)7-8-26-9-12-33(27,28)13-10-26/h2-6,11,14,17,24H,7-10,12-13,15H2,1H3. The van der Waals surface area contributed by atoms with E-state index in [0.717, 1.165) is 41.2 Å². The first-order valence-corrected chi connectivity index (χ1v) is 16.0. The van der Waals surface area contributed by atoms with Gasteiger partial charge in [0, 0.05) is 30.8 Å². The minimum Gasteiger partial charge on any atom is -0.351 e. The molecule has 1 atom stereocenters. The summed E-state index contributed by atoms with van der Waals surface area (Å²) in [5.74, 6) is 0.501. The van der Waals surface area contributed by atoms with Gasteiger partial charge in [-0.15, -0.1) is 11.3 Å². The van der Waals surface area contributed by atoms with E-state index < -0.39 is 19.9 Å². The number of hydrogen-bond donors (Lipinski definition) is 1. The molecule has 1 unspecified atom stereocenters. The fourth-order valence-corrected chi connectivity index (χ4v) is 8.93. The highest BCUT2D eigenvalue weighted by Gasteiger charge is 2.27. The van der Waals surface area contributed by atoms with Crippen LogP contribution in [0.25, 0.3) is 10.9 Å². The second-order valence-corrected chi connectivity index (χ2v) is 15.2. The first kappa shape index (κ1) is 23.9. The molecule has 4 heterocycles. The number of nitrogens with zero attached hydrogens (tertiary/aromatic N) is 3. The molecule has 1 aromatic carbocycles. The summed E-state index contributed by atoms with van der Waals surface area (Å²) in [5.41, 5.74) is 2.25. The minimum atomic E-state index is -3.63. The molecule has 0 saturated carbocycles. The monoisotopic (exact) mass is 538 g/mol. The van der Waals surface area contributed by atoms with E-state index in [2.05, 4.69) is 9.88 Å². The van der Waals surface area contributed by atoms with E-state index in [0.29, 0.717) is 28.2 Å². The molecule has 2 aliphatic rings. The van der Waals surface area contributed by atoms with E-state index in [1.54, 1.807) is 42.4 Å². The molecule has 1 fully saturated rings. The number of thioether (sulfide) groups is 1. The van der Waals surface area contributed by atoms with Crippen LogP contribution in [0.2, 0.25) is 0 Å². The Hall–Kier alpha value is -1.86. The first-order valence-electron chi connectivity index (χ1n) is 11.0. The van der Waals surface area contributed by atoms with Gasteiger partial charge in [-0.1, -0.05) is 30.0 Å². The van der Waals surface area contributed by atoms with Crippen molar-refractivity contribution in [1.82, 2.24) is 9.88 Å². The zero-order valence-corrected chi connectivity index (χ0v) is 21.9. The number of aromatic amines is 1. The van der Waals surface area contributed by atoms with E-state index in [-0.39, 0.29) is 11.5 Å². The van der Waals surface area contributed by atoms with E-state index in [9.17, 15) is 16.8 Å². The molecule has 0 spiro atoms. The number of aromatic nitrogens is 1. The molecule has 2 aliphatic heterocycles. The summed E-state index contributed by atoms with van der Waals surface area (Å²) < 4.78 is 51.0. The molecule has 12 heteroatoms. The van der Waals surface area contributed by atoms with Crippen LogP contribution in [0, 0.1) is 0 Å². The van der Waals surface area contributed by atoms with Crippen LogP contribution in [-0.2, 0) is 19.9 Å². The summed E-state index contributed by atoms with van der Waals surface area (Å²) in [5, 5.41) is 3.97. The van der Waals surface area contributed by atoms with Gasteiger partial charge in [-0.05, 0) is 36.5 Å². The van der Waals surface area contributed by atoms with Crippen molar-refractivity contribution in [2.24, 2.45) is 4.99 Å². The Morgan fingerprint density at radius 2 is 2.00 bits per heavy atom. The van der Waals surface area contributed by atoms with Gasteiger partial charge in [0.05, 0.1) is 34.9 Å². The third-order valence-corrected chi connectivity index (χ3v) is 12.3. The molecule has 0 aliphatic carbocycles. The second-order valence-electron chi connectivity index (χ2n) is 8.50. The maximum Gasteiger partial charge on any atom is 0.273 e. The average Bonchev–Trinajstić information content (AvgIpc) is 3.58. The highest BCUT2D eigenvalue weighted by Crippen LogP contribution is 2.34. The largest absolute Gasteiger partial charge is 0.351 e. The van der Waals surface area contributed by atoms with Gasteiger partial charge in [0.1, 0.15) is 9.25 Å². The third-order valence-electron chi connectivity index (χ3n) is 6.23. The van der Waals surface area contributed by atoms with Crippen molar-refractivity contribution in [2.75, 3.05) is 49.0 Å². The van der Waals surface area contributed by atoms with Crippen molar-refractivity contribution in [3.63, 3.8) is 0 Å². The minimum absolute atomic E-state index is 0.251. The zero-order valence-electron chi connectivity index (χ0n) is 18.7. The lowest BCUT2D eigenvalue weighted by Crippen LogP contribution is -2.41. The Kier molecular flexibility index (Phi) is 6.53. The number of benzene rings is 1. The molecule has 1 N–H and O–H groups in total. The van der Waals surface area contributed by atoms with Crippen LogP contribution in [0.4, 0.5) is 5.69 Å². The van der Waals surface area contributed by atoms with Crippen LogP contribution < -0.4 is 4.31 Å². The van der Waals surface area contributed by atoms with Gasteiger partial charge < -0.3 is 9.88 Å². The number of aliphatic imine (C=N–C) groups is 1. The summed E-state index contributed by atoms with van der Waals surface area (Å²) in [6.07, 6.45) is 0.949. The Morgan fingerprint density at radius 3 is 2.74 bits per heavy atom. The van der Waals surface area contributed by atoms with Gasteiger partial charge in [0.25, 0.3) is 10.0 Å². The van der Waals surface area contributed by atoms with Crippen LogP contribution in [0.1, 0.15) is 12.1 Å². The summed E-state index contributed by atoms with van der Waals surface area (Å²) in [6.45, 7) is 2.82. The topological polar surface area (TPSA) is 103 Å². The van der Waals surface area contributed by atoms with Crippen LogP contribution >= 0.6 is 23.1 Å². The number of anilines is 1. The van der Waals surface area contributed by atoms with Crippen molar-refractivity contribution in [2.45, 2.75) is 15.9 Å². The number of hydrogen-bond acceptors (Lipinski definition) is 8. The van der Waals surface area contributed by atoms with Gasteiger partial charge in [-0.2, -0.15) is 0 Å². The summed E-state index contributed by atoms with van der Waals surface area (Å²) in [6, 6.07) is 11.0.